The zero-order valence-electron chi connectivity index (χ0n) is 13.4. The molecule has 0 bridgehead atoms. The highest BCUT2D eigenvalue weighted by Crippen LogP contribution is 2.21. The number of piperazine rings is 1. The lowest BCUT2D eigenvalue weighted by Gasteiger charge is -2.37. The smallest absolute Gasteiger partial charge is 0.247 e. The third-order valence-corrected chi connectivity index (χ3v) is 4.03. The first-order chi connectivity index (χ1) is 11.2. The number of aromatic nitrogens is 5. The van der Waals surface area contributed by atoms with E-state index < -0.39 is 0 Å². The van der Waals surface area contributed by atoms with E-state index in [0.29, 0.717) is 13.1 Å². The Morgan fingerprint density at radius 3 is 2.39 bits per heavy atom. The number of nitrogens with zero attached hydrogens (tertiary/aromatic N) is 7. The Morgan fingerprint density at radius 2 is 1.83 bits per heavy atom. The minimum atomic E-state index is -0.308. The summed E-state index contributed by atoms with van der Waals surface area (Å²) in [5.41, 5.74) is 0. The zero-order chi connectivity index (χ0) is 16.2. The highest BCUT2D eigenvalue weighted by Gasteiger charge is 2.31. The summed E-state index contributed by atoms with van der Waals surface area (Å²) in [5.74, 6) is 0.968. The number of hydrogen-bond donors (Lipinski definition) is 0. The fourth-order valence-corrected chi connectivity index (χ4v) is 2.83. The highest BCUT2D eigenvalue weighted by molar-refractivity contribution is 5.80. The van der Waals surface area contributed by atoms with Gasteiger partial charge in [0.1, 0.15) is 18.7 Å². The summed E-state index contributed by atoms with van der Waals surface area (Å²) in [5, 5.41) is 4.14. The van der Waals surface area contributed by atoms with Crippen molar-refractivity contribution in [2.45, 2.75) is 19.9 Å². The maximum atomic E-state index is 12.9. The van der Waals surface area contributed by atoms with Crippen molar-refractivity contribution in [3.63, 3.8) is 0 Å². The number of rotatable bonds is 4. The van der Waals surface area contributed by atoms with Crippen molar-refractivity contribution >= 4 is 11.9 Å². The Morgan fingerprint density at radius 1 is 1.13 bits per heavy atom. The molecule has 0 aliphatic carbocycles. The van der Waals surface area contributed by atoms with E-state index in [1.54, 1.807) is 29.5 Å². The van der Waals surface area contributed by atoms with Crippen LogP contribution in [-0.4, -0.2) is 61.7 Å². The molecule has 2 aromatic rings. The first-order valence-electron chi connectivity index (χ1n) is 7.81. The predicted molar refractivity (Wildman–Crippen MR) is 84.7 cm³/mol. The molecule has 0 unspecified atom stereocenters. The van der Waals surface area contributed by atoms with Crippen molar-refractivity contribution < 1.29 is 4.79 Å². The summed E-state index contributed by atoms with van der Waals surface area (Å²) in [4.78, 5) is 29.4. The quantitative estimate of drug-likeness (QED) is 0.822. The van der Waals surface area contributed by atoms with E-state index in [2.05, 4.69) is 25.0 Å². The SMILES string of the molecule is CC(C)[C@H](C(=O)N1CCN(c2ncccn2)CC1)n1cncn1. The molecule has 8 nitrogen and oxygen atoms in total. The van der Waals surface area contributed by atoms with Crippen LogP contribution in [0.3, 0.4) is 0 Å². The minimum absolute atomic E-state index is 0.0964. The van der Waals surface area contributed by atoms with E-state index in [9.17, 15) is 4.79 Å². The van der Waals surface area contributed by atoms with E-state index >= 15 is 0 Å². The molecule has 3 heterocycles. The fourth-order valence-electron chi connectivity index (χ4n) is 2.83. The molecule has 0 aromatic carbocycles. The molecule has 1 saturated heterocycles. The lowest BCUT2D eigenvalue weighted by atomic mass is 10.0. The second-order valence-electron chi connectivity index (χ2n) is 5.93. The zero-order valence-corrected chi connectivity index (χ0v) is 13.4. The molecule has 0 saturated carbocycles. The van der Waals surface area contributed by atoms with E-state index in [4.69, 9.17) is 0 Å². The van der Waals surface area contributed by atoms with Gasteiger partial charge in [0.25, 0.3) is 0 Å². The van der Waals surface area contributed by atoms with Gasteiger partial charge < -0.3 is 9.80 Å². The topological polar surface area (TPSA) is 80.0 Å². The Balaban J connectivity index is 1.66. The Bertz CT molecular complexity index is 621. The summed E-state index contributed by atoms with van der Waals surface area (Å²) in [6.45, 7) is 6.84. The van der Waals surface area contributed by atoms with Gasteiger partial charge >= 0.3 is 0 Å². The average Bonchev–Trinajstić information content (AvgIpc) is 3.09. The number of anilines is 1. The van der Waals surface area contributed by atoms with Crippen molar-refractivity contribution in [3.8, 4) is 0 Å². The van der Waals surface area contributed by atoms with Crippen LogP contribution in [0.15, 0.2) is 31.1 Å². The van der Waals surface area contributed by atoms with Gasteiger partial charge in [0.2, 0.25) is 11.9 Å². The molecular weight excluding hydrogens is 294 g/mol. The molecule has 1 fully saturated rings. The van der Waals surface area contributed by atoms with Crippen LogP contribution < -0.4 is 4.90 Å². The summed E-state index contributed by atoms with van der Waals surface area (Å²) < 4.78 is 1.65. The fraction of sp³-hybridized carbons (Fsp3) is 0.533. The first kappa shape index (κ1) is 15.4. The Labute approximate surface area is 135 Å². The van der Waals surface area contributed by atoms with Gasteiger partial charge in [-0.1, -0.05) is 13.8 Å². The molecule has 0 spiro atoms. The lowest BCUT2D eigenvalue weighted by Crippen LogP contribution is -2.51. The van der Waals surface area contributed by atoms with Gasteiger partial charge in [0.05, 0.1) is 0 Å². The molecule has 1 amide bonds. The van der Waals surface area contributed by atoms with Gasteiger partial charge in [-0.2, -0.15) is 5.10 Å². The Kier molecular flexibility index (Phi) is 4.50. The van der Waals surface area contributed by atoms with Crippen molar-refractivity contribution in [2.75, 3.05) is 31.1 Å². The number of carbonyl (C=O) groups excluding carboxylic acids is 1. The van der Waals surface area contributed by atoms with Gasteiger partial charge in [-0.05, 0) is 12.0 Å². The van der Waals surface area contributed by atoms with Gasteiger partial charge in [-0.15, -0.1) is 0 Å². The summed E-state index contributed by atoms with van der Waals surface area (Å²) in [7, 11) is 0. The number of amides is 1. The van der Waals surface area contributed by atoms with E-state index in [1.165, 1.54) is 6.33 Å². The summed E-state index contributed by atoms with van der Waals surface area (Å²) in [6.07, 6.45) is 6.54. The van der Waals surface area contributed by atoms with Crippen LogP contribution in [0, 0.1) is 5.92 Å². The van der Waals surface area contributed by atoms with Crippen molar-refractivity contribution in [2.24, 2.45) is 5.92 Å². The van der Waals surface area contributed by atoms with Gasteiger partial charge in [0.15, 0.2) is 0 Å². The van der Waals surface area contributed by atoms with Crippen LogP contribution in [0.1, 0.15) is 19.9 Å². The van der Waals surface area contributed by atoms with E-state index in [1.807, 2.05) is 18.7 Å². The Hall–Kier alpha value is -2.51. The van der Waals surface area contributed by atoms with Crippen LogP contribution in [0.5, 0.6) is 0 Å². The molecular formula is C15H21N7O. The van der Waals surface area contributed by atoms with E-state index in [-0.39, 0.29) is 17.9 Å². The molecule has 8 heteroatoms. The normalized spacial score (nSPS) is 16.7. The van der Waals surface area contributed by atoms with Gasteiger partial charge in [-0.3, -0.25) is 4.79 Å². The maximum Gasteiger partial charge on any atom is 0.247 e. The number of carbonyl (C=O) groups is 1. The standard InChI is InChI=1S/C15H21N7O/c1-12(2)13(22-11-16-10-19-22)14(23)20-6-8-21(9-7-20)15-17-4-3-5-18-15/h3-5,10-13H,6-9H2,1-2H3/t13-/m1/s1. The van der Waals surface area contributed by atoms with Crippen molar-refractivity contribution in [1.82, 2.24) is 29.6 Å². The summed E-state index contributed by atoms with van der Waals surface area (Å²) >= 11 is 0. The monoisotopic (exact) mass is 315 g/mol. The second-order valence-corrected chi connectivity index (χ2v) is 5.93. The molecule has 1 aliphatic heterocycles. The third-order valence-electron chi connectivity index (χ3n) is 4.03. The van der Waals surface area contributed by atoms with Crippen LogP contribution in [-0.2, 0) is 4.79 Å². The third kappa shape index (κ3) is 3.30. The van der Waals surface area contributed by atoms with E-state index in [0.717, 1.165) is 19.0 Å². The predicted octanol–water partition coefficient (Wildman–Crippen LogP) is 0.614. The molecule has 3 rings (SSSR count). The summed E-state index contributed by atoms with van der Waals surface area (Å²) in [6, 6.07) is 1.49. The number of hydrogen-bond acceptors (Lipinski definition) is 6. The second kappa shape index (κ2) is 6.72. The van der Waals surface area contributed by atoms with Crippen LogP contribution in [0.2, 0.25) is 0 Å². The molecule has 1 atom stereocenters. The van der Waals surface area contributed by atoms with Crippen LogP contribution >= 0.6 is 0 Å². The molecule has 23 heavy (non-hydrogen) atoms. The largest absolute Gasteiger partial charge is 0.337 e. The first-order valence-corrected chi connectivity index (χ1v) is 7.81. The molecule has 0 N–H and O–H groups in total. The van der Waals surface area contributed by atoms with Crippen LogP contribution in [0.25, 0.3) is 0 Å². The van der Waals surface area contributed by atoms with Crippen LogP contribution in [0.4, 0.5) is 5.95 Å². The molecule has 1 aliphatic rings. The average molecular weight is 315 g/mol. The van der Waals surface area contributed by atoms with Gasteiger partial charge in [-0.25, -0.2) is 19.6 Å². The van der Waals surface area contributed by atoms with Crippen molar-refractivity contribution in [3.05, 3.63) is 31.1 Å². The molecule has 122 valence electrons. The highest BCUT2D eigenvalue weighted by atomic mass is 16.2. The van der Waals surface area contributed by atoms with Crippen molar-refractivity contribution in [1.29, 1.82) is 0 Å². The van der Waals surface area contributed by atoms with Gasteiger partial charge in [0, 0.05) is 38.6 Å². The lowest BCUT2D eigenvalue weighted by molar-refractivity contribution is -0.136. The molecule has 0 radical (unpaired) electrons. The molecule has 2 aromatic heterocycles. The maximum absolute atomic E-state index is 12.9. The minimum Gasteiger partial charge on any atom is -0.337 e.